The number of nitrogens with two attached hydrogens (primary N) is 2. The van der Waals surface area contributed by atoms with E-state index in [9.17, 15) is 80.6 Å². The predicted molar refractivity (Wildman–Crippen MR) is 383 cm³/mol. The summed E-state index contributed by atoms with van der Waals surface area (Å²) in [5, 5.41) is 14.3. The molecule has 0 aliphatic carbocycles. The van der Waals surface area contributed by atoms with Crippen LogP contribution in [0, 0.1) is 42.1 Å². The SMILES string of the molecule is CC(=O)O[C@@H]1C[C@@H](C(=O)C[C@@H](C)c2ccc(-c3scnc3C)cc2)N(C(=O)[C@@H](N)C(C)(C)C)C1.Cc1ncsc1-c1ccc([C@H](C)CC(=O)[C@@H]2C[C@@H](O)CN2C(=O)[C@@H](N)C(C)(C)C)cc1.O=C1CCC(N2C(=O)c3cc(F)c(F)cc3C2=O)C(=O)N1.O=C1CCC(N2C(=O)c3ccc(F)cc3C2=O)C(=O)N1. The average molecular weight is 1500 g/mol. The topological polar surface area (TPSA) is 366 Å². The van der Waals surface area contributed by atoms with Crippen LogP contribution in [-0.2, 0) is 47.9 Å². The number of aliphatic hydroxyl groups is 1. The number of β-amino-alcohol motifs (C(OH)–C–C–N with tert-alkyl or cyclic N) is 1. The number of ether oxygens (including phenoxy) is 1. The van der Waals surface area contributed by atoms with Crippen molar-refractivity contribution in [3.63, 3.8) is 0 Å². The standard InChI is InChI=1S/C26H35N3O4S.C24H33N3O3S.C13H8F2N2O4.C13H9FN2O4/c1-15(18-7-9-19(10-8-18)23-16(2)28-14-34-23)11-22(31)21-12-20(33-17(3)30)13-29(21)25(32)24(27)26(4,5)6;1-14(16-6-8-17(9-7-16)21-15(2)26-13-31-21)10-20(29)19-11-18(28)12-27(19)23(30)22(25)24(3,4)5;14-7-3-5-6(4-8(7)15)13(21)17(12(5)20)9-1-2-10(18)16-11(9)19;14-6-1-2-7-8(5-6)13(20)16(12(7)19)9-3-4-10(17)15-11(9)18/h7-10,14-15,20-21,24H,11-13,27H2,1-6H3;6-9,13-14,18-19,22,28H,10-12,25H2,1-5H3;3-4,9H,1-2H2,(H,16,18,19);1-2,5,9H,3-4H2,(H,15,17,18)/t15-,20-,21+,24-;14-,18-,19+,22-;;/m11../s1. The molecule has 0 saturated carbocycles. The molecule has 4 saturated heterocycles. The Kier molecular flexibility index (Phi) is 24.9. The van der Waals surface area contributed by atoms with E-state index in [0.717, 1.165) is 60.4 Å². The number of nitrogens with zero attached hydrogens (tertiary/aromatic N) is 6. The lowest BCUT2D eigenvalue weighted by molar-refractivity contribution is -0.147. The Balaban J connectivity index is 0.000000167. The first-order chi connectivity index (χ1) is 49.7. The first-order valence-electron chi connectivity index (χ1n) is 34.5. The Hall–Kier alpha value is -9.88. The molecule has 4 aromatic carbocycles. The second-order valence-electron chi connectivity index (χ2n) is 29.4. The maximum absolute atomic E-state index is 13.4. The number of Topliss-reactive ketones (excluding diaryl/α,β-unsaturated/α-hetero) is 2. The van der Waals surface area contributed by atoms with Crippen LogP contribution in [-0.4, -0.2) is 173 Å². The predicted octanol–water partition coefficient (Wildman–Crippen LogP) is 8.20. The van der Waals surface area contributed by atoms with Crippen LogP contribution < -0.4 is 22.1 Å². The Bertz CT molecular complexity index is 4430. The van der Waals surface area contributed by atoms with Gasteiger partial charge in [-0.2, -0.15) is 0 Å². The number of ketones is 2. The highest BCUT2D eigenvalue weighted by Crippen LogP contribution is 2.36. The van der Waals surface area contributed by atoms with Crippen LogP contribution in [0.2, 0.25) is 0 Å². The molecule has 2 aromatic heterocycles. The molecule has 30 heteroatoms. The van der Waals surface area contributed by atoms with Crippen LogP contribution in [0.15, 0.2) is 89.9 Å². The van der Waals surface area contributed by atoms with Gasteiger partial charge in [0.05, 0.1) is 91.2 Å². The van der Waals surface area contributed by atoms with E-state index in [1.807, 2.05) is 110 Å². The average Bonchev–Trinajstić information content (AvgIpc) is 1.61. The molecule has 106 heavy (non-hydrogen) atoms. The minimum Gasteiger partial charge on any atom is -0.461 e. The van der Waals surface area contributed by atoms with E-state index in [1.165, 1.54) is 22.8 Å². The highest BCUT2D eigenvalue weighted by molar-refractivity contribution is 7.13. The molecule has 10 atom stereocenters. The number of nitrogens with one attached hydrogen (secondary N) is 2. The molecule has 0 bridgehead atoms. The summed E-state index contributed by atoms with van der Waals surface area (Å²) >= 11 is 3.22. The number of rotatable bonds is 15. The smallest absolute Gasteiger partial charge is 0.302 e. The minimum absolute atomic E-state index is 0.00934. The second kappa shape index (κ2) is 32.9. The van der Waals surface area contributed by atoms with E-state index in [0.29, 0.717) is 29.9 Å². The molecule has 6 aromatic rings. The van der Waals surface area contributed by atoms with Gasteiger partial charge < -0.3 is 31.1 Å². The maximum atomic E-state index is 13.4. The van der Waals surface area contributed by atoms with Gasteiger partial charge in [0.15, 0.2) is 23.2 Å². The fourth-order valence-corrected chi connectivity index (χ4v) is 14.9. The fourth-order valence-electron chi connectivity index (χ4n) is 13.2. The van der Waals surface area contributed by atoms with Crippen molar-refractivity contribution in [2.24, 2.45) is 22.3 Å². The number of thiazole rings is 2. The van der Waals surface area contributed by atoms with E-state index in [4.69, 9.17) is 16.2 Å². The van der Waals surface area contributed by atoms with Gasteiger partial charge in [0.25, 0.3) is 23.6 Å². The van der Waals surface area contributed by atoms with E-state index in [1.54, 1.807) is 22.7 Å². The van der Waals surface area contributed by atoms with Crippen LogP contribution in [0.25, 0.3) is 20.9 Å². The molecular formula is C76H85F3N10O15S2. The highest BCUT2D eigenvalue weighted by atomic mass is 32.1. The lowest BCUT2D eigenvalue weighted by atomic mass is 9.86. The number of piperidine rings is 2. The number of hydrogen-bond donors (Lipinski definition) is 5. The van der Waals surface area contributed by atoms with Crippen LogP contribution in [0.4, 0.5) is 13.2 Å². The van der Waals surface area contributed by atoms with Crippen molar-refractivity contribution in [3.05, 3.63) is 152 Å². The number of carbonyl (C=O) groups excluding carboxylic acids is 13. The zero-order valence-corrected chi connectivity index (χ0v) is 62.1. The van der Waals surface area contributed by atoms with Gasteiger partial charge in [-0.3, -0.25) is 82.8 Å². The van der Waals surface area contributed by atoms with Crippen molar-refractivity contribution < 1.29 is 85.3 Å². The van der Waals surface area contributed by atoms with Crippen LogP contribution >= 0.6 is 22.7 Å². The zero-order chi connectivity index (χ0) is 77.9. The lowest BCUT2D eigenvalue weighted by Gasteiger charge is -2.32. The molecule has 25 nitrogen and oxygen atoms in total. The van der Waals surface area contributed by atoms with E-state index in [2.05, 4.69) is 39.6 Å². The molecule has 6 aliphatic rings. The number of amides is 10. The number of aromatic nitrogens is 2. The van der Waals surface area contributed by atoms with Gasteiger partial charge in [0, 0.05) is 52.0 Å². The quantitative estimate of drug-likeness (QED) is 0.0477. The van der Waals surface area contributed by atoms with Crippen molar-refractivity contribution in [2.75, 3.05) is 13.1 Å². The van der Waals surface area contributed by atoms with E-state index < -0.39 is 130 Å². The fraction of sp³-hybridized carbons (Fsp3) is 0.434. The first kappa shape index (κ1) is 80.2. The van der Waals surface area contributed by atoms with E-state index in [-0.39, 0.29) is 109 Å². The molecule has 8 heterocycles. The number of imide groups is 4. The molecule has 0 spiro atoms. The molecule has 0 radical (unpaired) electrons. The van der Waals surface area contributed by atoms with Crippen molar-refractivity contribution in [1.29, 1.82) is 0 Å². The summed E-state index contributed by atoms with van der Waals surface area (Å²) in [6.07, 6.45) is 0.0806. The largest absolute Gasteiger partial charge is 0.461 e. The van der Waals surface area contributed by atoms with Crippen LogP contribution in [0.3, 0.4) is 0 Å². The van der Waals surface area contributed by atoms with Gasteiger partial charge in [-0.15, -0.1) is 22.7 Å². The molecule has 10 amide bonds. The summed E-state index contributed by atoms with van der Waals surface area (Å²) in [6, 6.07) is 16.1. The van der Waals surface area contributed by atoms with Gasteiger partial charge in [-0.1, -0.05) is 104 Å². The number of esters is 1. The Morgan fingerprint density at radius 3 is 1.34 bits per heavy atom. The molecule has 7 N–H and O–H groups in total. The number of hydrogen-bond acceptors (Lipinski definition) is 21. The van der Waals surface area contributed by atoms with Crippen molar-refractivity contribution in [2.45, 2.75) is 188 Å². The zero-order valence-electron chi connectivity index (χ0n) is 60.5. The number of halogens is 3. The molecule has 12 rings (SSSR count). The Labute approximate surface area is 618 Å². The van der Waals surface area contributed by atoms with Crippen LogP contribution in [0.1, 0.15) is 189 Å². The van der Waals surface area contributed by atoms with E-state index >= 15 is 0 Å². The minimum atomic E-state index is -1.25. The van der Waals surface area contributed by atoms with Crippen molar-refractivity contribution in [3.8, 4) is 20.9 Å². The monoisotopic (exact) mass is 1500 g/mol. The third kappa shape index (κ3) is 18.0. The molecule has 2 unspecified atom stereocenters. The third-order valence-electron chi connectivity index (χ3n) is 19.5. The maximum Gasteiger partial charge on any atom is 0.302 e. The summed E-state index contributed by atoms with van der Waals surface area (Å²) < 4.78 is 44.9. The Morgan fingerprint density at radius 1 is 0.575 bits per heavy atom. The first-order valence-corrected chi connectivity index (χ1v) is 36.3. The number of benzene rings is 4. The molecule has 4 fully saturated rings. The number of carbonyl (C=O) groups is 13. The van der Waals surface area contributed by atoms with Gasteiger partial charge in [-0.05, 0) is 102 Å². The third-order valence-corrected chi connectivity index (χ3v) is 21.4. The normalized spacial score (nSPS) is 21.1. The summed E-state index contributed by atoms with van der Waals surface area (Å²) in [7, 11) is 0. The number of aryl methyl sites for hydroxylation is 2. The summed E-state index contributed by atoms with van der Waals surface area (Å²) in [5.74, 6) is -9.66. The van der Waals surface area contributed by atoms with Gasteiger partial charge in [0.1, 0.15) is 24.0 Å². The van der Waals surface area contributed by atoms with Gasteiger partial charge in [0.2, 0.25) is 35.4 Å². The number of fused-ring (bicyclic) bond motifs is 2. The number of likely N-dealkylation sites (tertiary alicyclic amines) is 2. The summed E-state index contributed by atoms with van der Waals surface area (Å²) in [5.41, 5.74) is 21.0. The second-order valence-corrected chi connectivity index (χ2v) is 31.1. The number of aliphatic hydroxyl groups excluding tert-OH is 1. The Morgan fingerprint density at radius 2 is 0.962 bits per heavy atom. The lowest BCUT2D eigenvalue weighted by Crippen LogP contribution is -2.54. The summed E-state index contributed by atoms with van der Waals surface area (Å²) in [6.45, 7) is 21.1. The molecule has 6 aliphatic heterocycles. The van der Waals surface area contributed by atoms with Gasteiger partial charge >= 0.3 is 5.97 Å². The molecule has 562 valence electrons. The van der Waals surface area contributed by atoms with Crippen molar-refractivity contribution >= 4 is 99.3 Å². The van der Waals surface area contributed by atoms with Gasteiger partial charge in [-0.25, -0.2) is 23.1 Å². The van der Waals surface area contributed by atoms with Crippen molar-refractivity contribution in [1.82, 2.24) is 40.2 Å². The van der Waals surface area contributed by atoms with Crippen LogP contribution in [0.5, 0.6) is 0 Å². The summed E-state index contributed by atoms with van der Waals surface area (Å²) in [4.78, 5) is 174. The highest BCUT2D eigenvalue weighted by Gasteiger charge is 2.49. The molecular weight excluding hydrogens is 1410 g/mol.